The van der Waals surface area contributed by atoms with Gasteiger partial charge in [0, 0.05) is 30.6 Å². The molecule has 2 aliphatic heterocycles. The number of nitrogens with zero attached hydrogens (tertiary/aromatic N) is 2. The molecular weight excluding hydrogens is 476 g/mol. The minimum atomic E-state index is -0.137. The highest BCUT2D eigenvalue weighted by molar-refractivity contribution is 5.94. The van der Waals surface area contributed by atoms with Crippen molar-refractivity contribution < 1.29 is 19.4 Å². The van der Waals surface area contributed by atoms with Gasteiger partial charge in [-0.15, -0.1) is 0 Å². The molecular formula is C32H38N2O4. The first-order valence-corrected chi connectivity index (χ1v) is 13.6. The van der Waals surface area contributed by atoms with Crippen molar-refractivity contribution in [1.29, 1.82) is 0 Å². The summed E-state index contributed by atoms with van der Waals surface area (Å²) in [4.78, 5) is 17.3. The first-order chi connectivity index (χ1) is 18.6. The predicted molar refractivity (Wildman–Crippen MR) is 149 cm³/mol. The van der Waals surface area contributed by atoms with Gasteiger partial charge in [0.2, 0.25) is 0 Å². The number of hydrogen-bond acceptors (Lipinski definition) is 5. The average Bonchev–Trinajstić information content (AvgIpc) is 3.46. The van der Waals surface area contributed by atoms with Crippen molar-refractivity contribution in [3.63, 3.8) is 0 Å². The molecule has 5 rings (SSSR count). The number of likely N-dealkylation sites (tertiary alicyclic amines) is 2. The Hall–Kier alpha value is -3.35. The fourth-order valence-corrected chi connectivity index (χ4v) is 6.21. The Kier molecular flexibility index (Phi) is 8.01. The SMILES string of the molecule is COc1ccc(C2(c3ccc(OC)cc3)CCCN(Cc3ccc(C(=O)N4CCCC4CO)cc3)C2)cc1. The van der Waals surface area contributed by atoms with Crippen LogP contribution in [0, 0.1) is 0 Å². The van der Waals surface area contributed by atoms with Crippen LogP contribution in [0.5, 0.6) is 11.5 Å². The number of piperidine rings is 1. The highest BCUT2D eigenvalue weighted by atomic mass is 16.5. The van der Waals surface area contributed by atoms with Gasteiger partial charge in [0.25, 0.3) is 5.91 Å². The average molecular weight is 515 g/mol. The summed E-state index contributed by atoms with van der Waals surface area (Å²) >= 11 is 0. The van der Waals surface area contributed by atoms with Gasteiger partial charge in [-0.1, -0.05) is 36.4 Å². The van der Waals surface area contributed by atoms with E-state index in [1.165, 1.54) is 16.7 Å². The standard InChI is InChI=1S/C32H38N2O4/c1-37-29-14-10-26(11-15-29)32(27-12-16-30(38-2)17-13-27)18-4-19-33(23-32)21-24-6-8-25(9-7-24)31(36)34-20-3-5-28(34)22-35/h6-17,28,35H,3-5,18-23H2,1-2H3. The van der Waals surface area contributed by atoms with E-state index in [4.69, 9.17) is 9.47 Å². The second-order valence-corrected chi connectivity index (χ2v) is 10.5. The van der Waals surface area contributed by atoms with Gasteiger partial charge in [0.1, 0.15) is 11.5 Å². The molecule has 2 aliphatic rings. The molecule has 1 atom stereocenters. The summed E-state index contributed by atoms with van der Waals surface area (Å²) < 4.78 is 10.9. The molecule has 1 N–H and O–H groups in total. The Labute approximate surface area is 225 Å². The molecule has 38 heavy (non-hydrogen) atoms. The molecule has 0 radical (unpaired) electrons. The highest BCUT2D eigenvalue weighted by Crippen LogP contribution is 2.42. The minimum Gasteiger partial charge on any atom is -0.497 e. The van der Waals surface area contributed by atoms with E-state index in [2.05, 4.69) is 65.6 Å². The number of ether oxygens (including phenoxy) is 2. The molecule has 3 aromatic rings. The molecule has 2 saturated heterocycles. The summed E-state index contributed by atoms with van der Waals surface area (Å²) in [5.74, 6) is 1.74. The smallest absolute Gasteiger partial charge is 0.254 e. The van der Waals surface area contributed by atoms with Crippen LogP contribution >= 0.6 is 0 Å². The molecule has 3 aromatic carbocycles. The van der Waals surface area contributed by atoms with Gasteiger partial charge in [-0.25, -0.2) is 0 Å². The molecule has 2 fully saturated rings. The Morgan fingerprint density at radius 1 is 0.868 bits per heavy atom. The van der Waals surface area contributed by atoms with E-state index >= 15 is 0 Å². The largest absolute Gasteiger partial charge is 0.497 e. The monoisotopic (exact) mass is 514 g/mol. The van der Waals surface area contributed by atoms with Crippen molar-refractivity contribution in [2.75, 3.05) is 40.5 Å². The maximum Gasteiger partial charge on any atom is 0.254 e. The van der Waals surface area contributed by atoms with Crippen molar-refractivity contribution >= 4 is 5.91 Å². The molecule has 6 heteroatoms. The summed E-state index contributed by atoms with van der Waals surface area (Å²) in [6.07, 6.45) is 3.98. The van der Waals surface area contributed by atoms with Gasteiger partial charge in [0.05, 0.1) is 26.9 Å². The molecule has 2 heterocycles. The van der Waals surface area contributed by atoms with Crippen LogP contribution < -0.4 is 9.47 Å². The van der Waals surface area contributed by atoms with Crippen molar-refractivity contribution in [1.82, 2.24) is 9.80 Å². The van der Waals surface area contributed by atoms with Crippen LogP contribution in [0.3, 0.4) is 0 Å². The number of aliphatic hydroxyl groups excluding tert-OH is 1. The molecule has 0 aliphatic carbocycles. The van der Waals surface area contributed by atoms with Crippen molar-refractivity contribution in [2.45, 2.75) is 43.7 Å². The maximum atomic E-state index is 13.0. The minimum absolute atomic E-state index is 0.0177. The molecule has 0 aromatic heterocycles. The van der Waals surface area contributed by atoms with E-state index in [1.807, 2.05) is 17.0 Å². The number of methoxy groups -OCH3 is 2. The number of carbonyl (C=O) groups excluding carboxylic acids is 1. The van der Waals surface area contributed by atoms with Gasteiger partial charge in [0.15, 0.2) is 0 Å². The summed E-state index contributed by atoms with van der Waals surface area (Å²) in [6, 6.07) is 25.0. The van der Waals surface area contributed by atoms with Gasteiger partial charge >= 0.3 is 0 Å². The lowest BCUT2D eigenvalue weighted by atomic mass is 9.69. The highest BCUT2D eigenvalue weighted by Gasteiger charge is 2.39. The Morgan fingerprint density at radius 3 is 2.03 bits per heavy atom. The zero-order chi connectivity index (χ0) is 26.5. The van der Waals surface area contributed by atoms with Gasteiger partial charge in [-0.3, -0.25) is 9.69 Å². The van der Waals surface area contributed by atoms with Crippen LogP contribution in [0.4, 0.5) is 0 Å². The van der Waals surface area contributed by atoms with Gasteiger partial charge < -0.3 is 19.5 Å². The van der Waals surface area contributed by atoms with Crippen LogP contribution in [0.2, 0.25) is 0 Å². The number of amides is 1. The molecule has 0 saturated carbocycles. The summed E-state index contributed by atoms with van der Waals surface area (Å²) in [6.45, 7) is 3.51. The third-order valence-electron chi connectivity index (χ3n) is 8.31. The number of benzene rings is 3. The summed E-state index contributed by atoms with van der Waals surface area (Å²) in [7, 11) is 3.40. The Morgan fingerprint density at radius 2 is 1.47 bits per heavy atom. The van der Waals surface area contributed by atoms with Crippen molar-refractivity contribution in [3.8, 4) is 11.5 Å². The van der Waals surface area contributed by atoms with Crippen LogP contribution in [-0.4, -0.2) is 67.3 Å². The topological polar surface area (TPSA) is 62.2 Å². The van der Waals surface area contributed by atoms with E-state index in [9.17, 15) is 9.90 Å². The fraction of sp³-hybridized carbons (Fsp3) is 0.406. The van der Waals surface area contributed by atoms with E-state index in [-0.39, 0.29) is 24.0 Å². The normalized spacial score (nSPS) is 19.3. The lowest BCUT2D eigenvalue weighted by Crippen LogP contribution is -2.46. The molecule has 6 nitrogen and oxygen atoms in total. The van der Waals surface area contributed by atoms with Crippen molar-refractivity contribution in [2.24, 2.45) is 0 Å². The van der Waals surface area contributed by atoms with E-state index in [1.54, 1.807) is 14.2 Å². The number of aliphatic hydroxyl groups is 1. The quantitative estimate of drug-likeness (QED) is 0.464. The number of carbonyl (C=O) groups is 1. The van der Waals surface area contributed by atoms with Crippen LogP contribution in [0.15, 0.2) is 72.8 Å². The molecule has 1 unspecified atom stereocenters. The van der Waals surface area contributed by atoms with Crippen molar-refractivity contribution in [3.05, 3.63) is 95.1 Å². The summed E-state index contributed by atoms with van der Waals surface area (Å²) in [5, 5.41) is 9.61. The van der Waals surface area contributed by atoms with E-state index < -0.39 is 0 Å². The zero-order valence-corrected chi connectivity index (χ0v) is 22.4. The number of hydrogen-bond donors (Lipinski definition) is 1. The second kappa shape index (κ2) is 11.6. The molecule has 200 valence electrons. The van der Waals surface area contributed by atoms with Crippen LogP contribution in [0.25, 0.3) is 0 Å². The Balaban J connectivity index is 1.36. The van der Waals surface area contributed by atoms with Crippen LogP contribution in [-0.2, 0) is 12.0 Å². The lowest BCUT2D eigenvalue weighted by Gasteiger charge is -2.44. The first-order valence-electron chi connectivity index (χ1n) is 13.6. The second-order valence-electron chi connectivity index (χ2n) is 10.5. The fourth-order valence-electron chi connectivity index (χ4n) is 6.21. The summed E-state index contributed by atoms with van der Waals surface area (Å²) in [5.41, 5.74) is 4.33. The molecule has 0 bridgehead atoms. The Bertz CT molecular complexity index is 1160. The van der Waals surface area contributed by atoms with E-state index in [0.29, 0.717) is 5.56 Å². The first kappa shape index (κ1) is 26.3. The van der Waals surface area contributed by atoms with Gasteiger partial charge in [-0.05, 0) is 85.3 Å². The third kappa shape index (κ3) is 5.29. The van der Waals surface area contributed by atoms with Crippen LogP contribution in [0.1, 0.15) is 52.7 Å². The third-order valence-corrected chi connectivity index (χ3v) is 8.31. The predicted octanol–water partition coefficient (Wildman–Crippen LogP) is 4.88. The molecule has 1 amide bonds. The maximum absolute atomic E-state index is 13.0. The number of rotatable bonds is 8. The lowest BCUT2D eigenvalue weighted by molar-refractivity contribution is 0.0677. The van der Waals surface area contributed by atoms with E-state index in [0.717, 1.165) is 63.4 Å². The van der Waals surface area contributed by atoms with Gasteiger partial charge in [-0.2, -0.15) is 0 Å². The molecule has 0 spiro atoms. The zero-order valence-electron chi connectivity index (χ0n) is 22.4.